The predicted octanol–water partition coefficient (Wildman–Crippen LogP) is 2.23. The predicted molar refractivity (Wildman–Crippen MR) is 43.6 cm³/mol. The van der Waals surface area contributed by atoms with Crippen LogP contribution < -0.4 is 5.73 Å². The Morgan fingerprint density at radius 2 is 2.22 bits per heavy atom. The fourth-order valence-electron chi connectivity index (χ4n) is 0.429. The highest BCUT2D eigenvalue weighted by atomic mass is 32.1. The smallest absolute Gasteiger partial charge is 0.0273 e. The SMILES string of the molecule is CC.NCc1cccs1. The Morgan fingerprint density at radius 1 is 1.56 bits per heavy atom. The van der Waals surface area contributed by atoms with Crippen LogP contribution in [0.1, 0.15) is 18.7 Å². The van der Waals surface area contributed by atoms with Gasteiger partial charge < -0.3 is 5.73 Å². The lowest BCUT2D eigenvalue weighted by Gasteiger charge is -1.79. The van der Waals surface area contributed by atoms with Gasteiger partial charge in [0.2, 0.25) is 0 Å². The van der Waals surface area contributed by atoms with Gasteiger partial charge in [0.25, 0.3) is 0 Å². The van der Waals surface area contributed by atoms with Gasteiger partial charge in [0, 0.05) is 11.4 Å². The number of nitrogens with two attached hydrogens (primary N) is 1. The van der Waals surface area contributed by atoms with Gasteiger partial charge in [0.05, 0.1) is 0 Å². The molecule has 1 aromatic rings. The van der Waals surface area contributed by atoms with Crippen LogP contribution in [0.3, 0.4) is 0 Å². The van der Waals surface area contributed by atoms with Crippen LogP contribution in [-0.4, -0.2) is 0 Å². The van der Waals surface area contributed by atoms with Gasteiger partial charge in [-0.15, -0.1) is 11.3 Å². The van der Waals surface area contributed by atoms with Crippen LogP contribution in [0.4, 0.5) is 0 Å². The summed E-state index contributed by atoms with van der Waals surface area (Å²) in [7, 11) is 0. The van der Waals surface area contributed by atoms with E-state index in [1.807, 2.05) is 31.4 Å². The van der Waals surface area contributed by atoms with Crippen molar-refractivity contribution in [1.29, 1.82) is 0 Å². The molecule has 1 heterocycles. The minimum atomic E-state index is 0.678. The molecular weight excluding hydrogens is 130 g/mol. The molecule has 0 spiro atoms. The van der Waals surface area contributed by atoms with E-state index in [-0.39, 0.29) is 0 Å². The van der Waals surface area contributed by atoms with Crippen LogP contribution >= 0.6 is 11.3 Å². The molecule has 52 valence electrons. The second-order valence-corrected chi connectivity index (χ2v) is 2.32. The van der Waals surface area contributed by atoms with Crippen LogP contribution in [0, 0.1) is 0 Å². The summed E-state index contributed by atoms with van der Waals surface area (Å²) in [6.45, 7) is 4.68. The summed E-state index contributed by atoms with van der Waals surface area (Å²) in [5.41, 5.74) is 5.30. The van der Waals surface area contributed by atoms with Crippen LogP contribution in [0.15, 0.2) is 17.5 Å². The third kappa shape index (κ3) is 3.27. The molecule has 2 N–H and O–H groups in total. The number of hydrogen-bond donors (Lipinski definition) is 1. The number of rotatable bonds is 1. The van der Waals surface area contributed by atoms with Crippen molar-refractivity contribution in [2.24, 2.45) is 5.73 Å². The van der Waals surface area contributed by atoms with Crippen LogP contribution in [0.25, 0.3) is 0 Å². The van der Waals surface area contributed by atoms with Crippen molar-refractivity contribution in [3.63, 3.8) is 0 Å². The molecule has 0 radical (unpaired) electrons. The minimum Gasteiger partial charge on any atom is -0.326 e. The zero-order valence-corrected chi connectivity index (χ0v) is 6.74. The topological polar surface area (TPSA) is 26.0 Å². The molecule has 0 amide bonds. The average Bonchev–Trinajstić information content (AvgIpc) is 2.43. The molecular formula is C7H13NS. The quantitative estimate of drug-likeness (QED) is 0.641. The van der Waals surface area contributed by atoms with Gasteiger partial charge in [-0.05, 0) is 11.4 Å². The minimum absolute atomic E-state index is 0.678. The first-order valence-corrected chi connectivity index (χ1v) is 4.04. The number of hydrogen-bond acceptors (Lipinski definition) is 2. The average molecular weight is 143 g/mol. The maximum Gasteiger partial charge on any atom is 0.0273 e. The largest absolute Gasteiger partial charge is 0.326 e. The summed E-state index contributed by atoms with van der Waals surface area (Å²) in [6.07, 6.45) is 0. The molecule has 0 aromatic carbocycles. The molecule has 0 aliphatic heterocycles. The first-order chi connectivity index (χ1) is 4.43. The summed E-state index contributed by atoms with van der Waals surface area (Å²) < 4.78 is 0. The lowest BCUT2D eigenvalue weighted by atomic mass is 10.5. The monoisotopic (exact) mass is 143 g/mol. The van der Waals surface area contributed by atoms with Crippen LogP contribution in [0.5, 0.6) is 0 Å². The summed E-state index contributed by atoms with van der Waals surface area (Å²) in [5.74, 6) is 0. The van der Waals surface area contributed by atoms with E-state index in [9.17, 15) is 0 Å². The highest BCUT2D eigenvalue weighted by molar-refractivity contribution is 7.09. The van der Waals surface area contributed by atoms with E-state index in [4.69, 9.17) is 5.73 Å². The summed E-state index contributed by atoms with van der Waals surface area (Å²) >= 11 is 1.70. The second kappa shape index (κ2) is 5.79. The molecule has 1 aromatic heterocycles. The van der Waals surface area contributed by atoms with Gasteiger partial charge in [-0.25, -0.2) is 0 Å². The molecule has 0 aliphatic rings. The first-order valence-electron chi connectivity index (χ1n) is 3.16. The van der Waals surface area contributed by atoms with Crippen molar-refractivity contribution in [3.05, 3.63) is 22.4 Å². The van der Waals surface area contributed by atoms with Crippen molar-refractivity contribution in [2.45, 2.75) is 20.4 Å². The molecule has 1 rings (SSSR count). The second-order valence-electron chi connectivity index (χ2n) is 1.28. The summed E-state index contributed by atoms with van der Waals surface area (Å²) in [6, 6.07) is 4.04. The summed E-state index contributed by atoms with van der Waals surface area (Å²) in [5, 5.41) is 2.03. The normalized spacial score (nSPS) is 7.89. The Morgan fingerprint density at radius 3 is 2.44 bits per heavy atom. The van der Waals surface area contributed by atoms with E-state index < -0.39 is 0 Å². The molecule has 0 fully saturated rings. The van der Waals surface area contributed by atoms with Crippen molar-refractivity contribution in [1.82, 2.24) is 0 Å². The Balaban J connectivity index is 0.000000291. The van der Waals surface area contributed by atoms with E-state index >= 15 is 0 Å². The highest BCUT2D eigenvalue weighted by Gasteiger charge is 1.82. The molecule has 0 saturated heterocycles. The molecule has 0 aliphatic carbocycles. The van der Waals surface area contributed by atoms with Gasteiger partial charge in [0.15, 0.2) is 0 Å². The Kier molecular flexibility index (Phi) is 5.57. The van der Waals surface area contributed by atoms with Gasteiger partial charge in [-0.2, -0.15) is 0 Å². The van der Waals surface area contributed by atoms with Gasteiger partial charge in [-0.1, -0.05) is 19.9 Å². The van der Waals surface area contributed by atoms with E-state index in [0.717, 1.165) is 0 Å². The Bertz CT molecular complexity index is 123. The first kappa shape index (κ1) is 8.66. The lowest BCUT2D eigenvalue weighted by molar-refractivity contribution is 1.11. The van der Waals surface area contributed by atoms with Gasteiger partial charge in [0.1, 0.15) is 0 Å². The Labute approximate surface area is 60.5 Å². The van der Waals surface area contributed by atoms with Crippen LogP contribution in [0.2, 0.25) is 0 Å². The zero-order valence-electron chi connectivity index (χ0n) is 5.92. The standard InChI is InChI=1S/C5H7NS.C2H6/c6-4-5-2-1-3-7-5;1-2/h1-3H,4,6H2;1-2H3. The van der Waals surface area contributed by atoms with E-state index in [0.29, 0.717) is 6.54 Å². The summed E-state index contributed by atoms with van der Waals surface area (Å²) in [4.78, 5) is 1.25. The zero-order chi connectivity index (χ0) is 7.11. The molecule has 0 atom stereocenters. The van der Waals surface area contributed by atoms with Gasteiger partial charge >= 0.3 is 0 Å². The van der Waals surface area contributed by atoms with Gasteiger partial charge in [-0.3, -0.25) is 0 Å². The van der Waals surface area contributed by atoms with Crippen molar-refractivity contribution >= 4 is 11.3 Å². The third-order valence-corrected chi connectivity index (χ3v) is 1.68. The van der Waals surface area contributed by atoms with Crippen molar-refractivity contribution in [3.8, 4) is 0 Å². The lowest BCUT2D eigenvalue weighted by Crippen LogP contribution is -1.90. The molecule has 2 heteroatoms. The maximum absolute atomic E-state index is 5.30. The maximum atomic E-state index is 5.30. The molecule has 0 unspecified atom stereocenters. The molecule has 0 saturated carbocycles. The highest BCUT2D eigenvalue weighted by Crippen LogP contribution is 2.05. The van der Waals surface area contributed by atoms with Crippen LogP contribution in [-0.2, 0) is 6.54 Å². The molecule has 1 nitrogen and oxygen atoms in total. The van der Waals surface area contributed by atoms with E-state index in [1.54, 1.807) is 11.3 Å². The van der Waals surface area contributed by atoms with E-state index in [1.165, 1.54) is 4.88 Å². The van der Waals surface area contributed by atoms with Crippen molar-refractivity contribution in [2.75, 3.05) is 0 Å². The Hall–Kier alpha value is -0.340. The fourth-order valence-corrected chi connectivity index (χ4v) is 1.01. The number of thiophene rings is 1. The molecule has 9 heavy (non-hydrogen) atoms. The molecule has 0 bridgehead atoms. The fraction of sp³-hybridized carbons (Fsp3) is 0.429. The van der Waals surface area contributed by atoms with Crippen molar-refractivity contribution < 1.29 is 0 Å². The third-order valence-electron chi connectivity index (χ3n) is 0.781. The van der Waals surface area contributed by atoms with E-state index in [2.05, 4.69) is 0 Å².